The molecule has 3 unspecified atom stereocenters. The van der Waals surface area contributed by atoms with Crippen molar-refractivity contribution in [1.82, 2.24) is 10.2 Å². The van der Waals surface area contributed by atoms with Crippen molar-refractivity contribution in [3.8, 4) is 0 Å². The lowest BCUT2D eigenvalue weighted by molar-refractivity contribution is -0.133. The molecule has 2 bridgehead atoms. The van der Waals surface area contributed by atoms with Crippen LogP contribution < -0.4 is 5.32 Å². The van der Waals surface area contributed by atoms with Crippen LogP contribution in [0.1, 0.15) is 44.1 Å². The molecule has 1 aromatic carbocycles. The van der Waals surface area contributed by atoms with Gasteiger partial charge in [-0.2, -0.15) is 0 Å². The zero-order valence-electron chi connectivity index (χ0n) is 13.0. The predicted molar refractivity (Wildman–Crippen MR) is 90.6 cm³/mol. The molecule has 2 heterocycles. The van der Waals surface area contributed by atoms with Crippen molar-refractivity contribution in [2.75, 3.05) is 7.05 Å². The lowest BCUT2D eigenvalue weighted by Gasteiger charge is -2.36. The number of piperidine rings is 1. The van der Waals surface area contributed by atoms with Crippen molar-refractivity contribution in [2.45, 2.75) is 56.7 Å². The molecule has 5 heteroatoms. The molecule has 0 aliphatic carbocycles. The number of likely N-dealkylation sites (N-methyl/N-ethyl adjacent to an activating group) is 1. The van der Waals surface area contributed by atoms with Crippen LogP contribution in [0.25, 0.3) is 0 Å². The molecule has 1 aromatic rings. The molecule has 1 N–H and O–H groups in total. The maximum Gasteiger partial charge on any atom is 0.229 e. The molecule has 2 saturated heterocycles. The predicted octanol–water partition coefficient (Wildman–Crippen LogP) is 3.84. The fourth-order valence-electron chi connectivity index (χ4n) is 3.75. The molecule has 120 valence electrons. The van der Waals surface area contributed by atoms with Crippen molar-refractivity contribution in [3.63, 3.8) is 0 Å². The fourth-order valence-corrected chi connectivity index (χ4v) is 4.06. The molecule has 2 fully saturated rings. The Balaban J connectivity index is 1.70. The van der Waals surface area contributed by atoms with Crippen molar-refractivity contribution in [2.24, 2.45) is 0 Å². The number of nitrogens with one attached hydrogen (secondary N) is 1. The molecule has 0 spiro atoms. The van der Waals surface area contributed by atoms with E-state index in [1.165, 1.54) is 12.8 Å². The number of rotatable bonds is 3. The Morgan fingerprint density at radius 2 is 1.86 bits per heavy atom. The van der Waals surface area contributed by atoms with Crippen LogP contribution >= 0.6 is 23.2 Å². The van der Waals surface area contributed by atoms with Gasteiger partial charge in [0.1, 0.15) is 0 Å². The van der Waals surface area contributed by atoms with E-state index in [0.717, 1.165) is 18.4 Å². The minimum absolute atomic E-state index is 0.157. The average molecular weight is 341 g/mol. The molecular weight excluding hydrogens is 319 g/mol. The molecule has 2 aliphatic rings. The van der Waals surface area contributed by atoms with Crippen LogP contribution in [0, 0.1) is 0 Å². The number of hydrogen-bond acceptors (Lipinski definition) is 2. The highest BCUT2D eigenvalue weighted by molar-refractivity contribution is 6.42. The Kier molecular flexibility index (Phi) is 4.67. The summed E-state index contributed by atoms with van der Waals surface area (Å²) < 4.78 is 0. The third-order valence-electron chi connectivity index (χ3n) is 5.16. The third-order valence-corrected chi connectivity index (χ3v) is 5.90. The monoisotopic (exact) mass is 340 g/mol. The van der Waals surface area contributed by atoms with E-state index in [2.05, 4.69) is 5.32 Å². The highest BCUT2D eigenvalue weighted by Gasteiger charge is 2.37. The Labute approximate surface area is 142 Å². The van der Waals surface area contributed by atoms with Gasteiger partial charge in [0.25, 0.3) is 0 Å². The van der Waals surface area contributed by atoms with Crippen LogP contribution in [0.3, 0.4) is 0 Å². The molecule has 3 nitrogen and oxygen atoms in total. The molecular formula is C17H22Cl2N2O. The van der Waals surface area contributed by atoms with Crippen molar-refractivity contribution in [3.05, 3.63) is 33.8 Å². The molecule has 1 amide bonds. The second-order valence-corrected chi connectivity index (χ2v) is 7.42. The zero-order chi connectivity index (χ0) is 15.9. The van der Waals surface area contributed by atoms with E-state index in [9.17, 15) is 4.79 Å². The molecule has 0 radical (unpaired) electrons. The van der Waals surface area contributed by atoms with E-state index in [-0.39, 0.29) is 11.8 Å². The normalized spacial score (nSPS) is 28.5. The Hall–Kier alpha value is -0.770. The molecule has 3 atom stereocenters. The van der Waals surface area contributed by atoms with Crippen LogP contribution in [0.5, 0.6) is 0 Å². The number of halogens is 2. The van der Waals surface area contributed by atoms with Gasteiger partial charge in [-0.15, -0.1) is 0 Å². The SMILES string of the molecule is CC(C(=O)N(C)C1CC2CCC(C1)N2)c1ccc(Cl)c(Cl)c1. The number of carbonyl (C=O) groups excluding carboxylic acids is 1. The maximum absolute atomic E-state index is 12.8. The van der Waals surface area contributed by atoms with E-state index in [1.807, 2.05) is 24.9 Å². The summed E-state index contributed by atoms with van der Waals surface area (Å²) in [5, 5.41) is 4.64. The van der Waals surface area contributed by atoms with Gasteiger partial charge in [0.2, 0.25) is 5.91 Å². The standard InChI is InChI=1S/C17H22Cl2N2O/c1-10(11-3-6-15(18)16(19)7-11)17(22)21(2)14-8-12-4-5-13(9-14)20-12/h3,6-7,10,12-14,20H,4-5,8-9H2,1-2H3. The van der Waals surface area contributed by atoms with E-state index < -0.39 is 0 Å². The first-order valence-electron chi connectivity index (χ1n) is 7.93. The second-order valence-electron chi connectivity index (χ2n) is 6.61. The number of carbonyl (C=O) groups is 1. The smallest absolute Gasteiger partial charge is 0.229 e. The Morgan fingerprint density at radius 3 is 2.45 bits per heavy atom. The van der Waals surface area contributed by atoms with E-state index in [0.29, 0.717) is 28.2 Å². The number of amides is 1. The van der Waals surface area contributed by atoms with Gasteiger partial charge in [0, 0.05) is 25.2 Å². The first kappa shape index (κ1) is 16.1. The Bertz CT molecular complexity index is 566. The summed E-state index contributed by atoms with van der Waals surface area (Å²) in [4.78, 5) is 14.7. The van der Waals surface area contributed by atoms with Gasteiger partial charge in [-0.1, -0.05) is 29.3 Å². The summed E-state index contributed by atoms with van der Waals surface area (Å²) in [5.41, 5.74) is 0.920. The van der Waals surface area contributed by atoms with Crippen LogP contribution in [-0.2, 0) is 4.79 Å². The van der Waals surface area contributed by atoms with Gasteiger partial charge in [-0.3, -0.25) is 4.79 Å². The van der Waals surface area contributed by atoms with Gasteiger partial charge >= 0.3 is 0 Å². The summed E-state index contributed by atoms with van der Waals surface area (Å²) in [7, 11) is 1.94. The van der Waals surface area contributed by atoms with E-state index in [4.69, 9.17) is 23.2 Å². The molecule has 0 aromatic heterocycles. The third kappa shape index (κ3) is 3.12. The quantitative estimate of drug-likeness (QED) is 0.906. The molecule has 0 saturated carbocycles. The maximum atomic E-state index is 12.8. The number of benzene rings is 1. The molecule has 3 rings (SSSR count). The minimum Gasteiger partial charge on any atom is -0.342 e. The summed E-state index contributed by atoms with van der Waals surface area (Å²) in [6.45, 7) is 1.94. The highest BCUT2D eigenvalue weighted by Crippen LogP contribution is 2.32. The van der Waals surface area contributed by atoms with Crippen molar-refractivity contribution >= 4 is 29.1 Å². The van der Waals surface area contributed by atoms with Crippen molar-refractivity contribution in [1.29, 1.82) is 0 Å². The van der Waals surface area contributed by atoms with Crippen molar-refractivity contribution < 1.29 is 4.79 Å². The molecule has 2 aliphatic heterocycles. The summed E-state index contributed by atoms with van der Waals surface area (Å²) in [5.74, 6) is -0.0444. The summed E-state index contributed by atoms with van der Waals surface area (Å²) in [6.07, 6.45) is 4.61. The first-order valence-corrected chi connectivity index (χ1v) is 8.69. The number of nitrogens with zero attached hydrogens (tertiary/aromatic N) is 1. The average Bonchev–Trinajstić information content (AvgIpc) is 2.86. The van der Waals surface area contributed by atoms with Crippen LogP contribution in [0.2, 0.25) is 10.0 Å². The van der Waals surface area contributed by atoms with Gasteiger partial charge in [-0.05, 0) is 50.3 Å². The van der Waals surface area contributed by atoms with Crippen LogP contribution in [0.15, 0.2) is 18.2 Å². The largest absolute Gasteiger partial charge is 0.342 e. The zero-order valence-corrected chi connectivity index (χ0v) is 14.5. The van der Waals surface area contributed by atoms with E-state index in [1.54, 1.807) is 12.1 Å². The number of hydrogen-bond donors (Lipinski definition) is 1. The topological polar surface area (TPSA) is 32.3 Å². The van der Waals surface area contributed by atoms with Crippen LogP contribution in [-0.4, -0.2) is 36.0 Å². The fraction of sp³-hybridized carbons (Fsp3) is 0.588. The number of fused-ring (bicyclic) bond motifs is 2. The van der Waals surface area contributed by atoms with Gasteiger partial charge in [0.15, 0.2) is 0 Å². The van der Waals surface area contributed by atoms with Gasteiger partial charge in [-0.25, -0.2) is 0 Å². The highest BCUT2D eigenvalue weighted by atomic mass is 35.5. The van der Waals surface area contributed by atoms with E-state index >= 15 is 0 Å². The first-order chi connectivity index (χ1) is 10.5. The lowest BCUT2D eigenvalue weighted by Crippen LogP contribution is -2.49. The second kappa shape index (κ2) is 6.38. The van der Waals surface area contributed by atoms with Crippen LogP contribution in [0.4, 0.5) is 0 Å². The van der Waals surface area contributed by atoms with Gasteiger partial charge in [0.05, 0.1) is 16.0 Å². The summed E-state index contributed by atoms with van der Waals surface area (Å²) >= 11 is 12.0. The van der Waals surface area contributed by atoms with Gasteiger partial charge < -0.3 is 10.2 Å². The lowest BCUT2D eigenvalue weighted by atomic mass is 9.95. The minimum atomic E-state index is -0.202. The molecule has 22 heavy (non-hydrogen) atoms. The summed E-state index contributed by atoms with van der Waals surface area (Å²) in [6, 6.07) is 6.95. The Morgan fingerprint density at radius 1 is 1.23 bits per heavy atom.